The van der Waals surface area contributed by atoms with E-state index in [1.54, 1.807) is 6.92 Å². The second-order valence-electron chi connectivity index (χ2n) is 5.71. The van der Waals surface area contributed by atoms with Gasteiger partial charge >= 0.3 is 11.9 Å². The highest BCUT2D eigenvalue weighted by atomic mass is 16.5. The Bertz CT molecular complexity index is 336. The van der Waals surface area contributed by atoms with Crippen molar-refractivity contribution in [3.8, 4) is 0 Å². The SMILES string of the molecule is CC(=O)C(C)OC(=O)CCCCC(=O)OCCCC(C)C. The van der Waals surface area contributed by atoms with Crippen LogP contribution in [-0.2, 0) is 23.9 Å². The number of rotatable bonds is 11. The molecule has 122 valence electrons. The van der Waals surface area contributed by atoms with E-state index in [1.165, 1.54) is 6.92 Å². The smallest absolute Gasteiger partial charge is 0.306 e. The third-order valence-corrected chi connectivity index (χ3v) is 3.08. The average Bonchev–Trinajstić information content (AvgIpc) is 2.39. The summed E-state index contributed by atoms with van der Waals surface area (Å²) in [6, 6.07) is 0. The van der Waals surface area contributed by atoms with Gasteiger partial charge in [-0.05, 0) is 45.4 Å². The fourth-order valence-electron chi connectivity index (χ4n) is 1.63. The van der Waals surface area contributed by atoms with E-state index in [0.717, 1.165) is 12.8 Å². The van der Waals surface area contributed by atoms with Crippen molar-refractivity contribution in [3.63, 3.8) is 0 Å². The lowest BCUT2D eigenvalue weighted by molar-refractivity contribution is -0.153. The van der Waals surface area contributed by atoms with Gasteiger partial charge in [-0.1, -0.05) is 13.8 Å². The van der Waals surface area contributed by atoms with Crippen molar-refractivity contribution in [2.75, 3.05) is 6.61 Å². The van der Waals surface area contributed by atoms with Crippen LogP contribution in [0.25, 0.3) is 0 Å². The summed E-state index contributed by atoms with van der Waals surface area (Å²) in [4.78, 5) is 33.7. The van der Waals surface area contributed by atoms with Gasteiger partial charge in [0.05, 0.1) is 6.61 Å². The van der Waals surface area contributed by atoms with E-state index in [-0.39, 0.29) is 18.2 Å². The van der Waals surface area contributed by atoms with Crippen LogP contribution in [0.5, 0.6) is 0 Å². The lowest BCUT2D eigenvalue weighted by Gasteiger charge is -2.09. The van der Waals surface area contributed by atoms with E-state index >= 15 is 0 Å². The van der Waals surface area contributed by atoms with E-state index in [0.29, 0.717) is 31.8 Å². The monoisotopic (exact) mass is 300 g/mol. The van der Waals surface area contributed by atoms with E-state index in [9.17, 15) is 14.4 Å². The van der Waals surface area contributed by atoms with E-state index in [4.69, 9.17) is 9.47 Å². The fraction of sp³-hybridized carbons (Fsp3) is 0.812. The van der Waals surface area contributed by atoms with Crippen molar-refractivity contribution in [2.24, 2.45) is 5.92 Å². The van der Waals surface area contributed by atoms with Crippen molar-refractivity contribution >= 4 is 17.7 Å². The van der Waals surface area contributed by atoms with Gasteiger partial charge in [0.2, 0.25) is 0 Å². The Balaban J connectivity index is 3.55. The molecule has 0 aromatic heterocycles. The van der Waals surface area contributed by atoms with Crippen LogP contribution < -0.4 is 0 Å². The quantitative estimate of drug-likeness (QED) is 0.433. The second kappa shape index (κ2) is 11.3. The predicted molar refractivity (Wildman–Crippen MR) is 79.7 cm³/mol. The molecular formula is C16H28O5. The van der Waals surface area contributed by atoms with Crippen molar-refractivity contribution in [2.45, 2.75) is 72.3 Å². The third-order valence-electron chi connectivity index (χ3n) is 3.08. The molecule has 0 bridgehead atoms. The molecule has 0 aliphatic carbocycles. The minimum atomic E-state index is -0.691. The van der Waals surface area contributed by atoms with Gasteiger partial charge in [0.15, 0.2) is 11.9 Å². The van der Waals surface area contributed by atoms with Crippen LogP contribution in [0.15, 0.2) is 0 Å². The van der Waals surface area contributed by atoms with Crippen LogP contribution in [0, 0.1) is 5.92 Å². The Morgan fingerprint density at radius 1 is 0.905 bits per heavy atom. The number of carbonyl (C=O) groups is 3. The maximum atomic E-state index is 11.4. The molecule has 0 N–H and O–H groups in total. The van der Waals surface area contributed by atoms with Gasteiger partial charge in [0, 0.05) is 12.8 Å². The molecule has 0 saturated heterocycles. The Morgan fingerprint density at radius 2 is 1.48 bits per heavy atom. The number of unbranched alkanes of at least 4 members (excludes halogenated alkanes) is 1. The Kier molecular flexibility index (Phi) is 10.5. The summed E-state index contributed by atoms with van der Waals surface area (Å²) >= 11 is 0. The van der Waals surface area contributed by atoms with Crippen LogP contribution in [0.3, 0.4) is 0 Å². The highest BCUT2D eigenvalue weighted by Crippen LogP contribution is 2.06. The third kappa shape index (κ3) is 12.1. The van der Waals surface area contributed by atoms with Crippen molar-refractivity contribution in [3.05, 3.63) is 0 Å². The molecule has 0 aliphatic rings. The molecule has 5 nitrogen and oxygen atoms in total. The summed E-state index contributed by atoms with van der Waals surface area (Å²) in [5, 5.41) is 0. The summed E-state index contributed by atoms with van der Waals surface area (Å²) in [6.07, 6.45) is 2.93. The molecule has 0 aromatic carbocycles. The van der Waals surface area contributed by atoms with Gasteiger partial charge in [0.25, 0.3) is 0 Å². The minimum absolute atomic E-state index is 0.173. The molecule has 0 fully saturated rings. The molecule has 1 atom stereocenters. The number of ketones is 1. The number of hydrogen-bond donors (Lipinski definition) is 0. The van der Waals surface area contributed by atoms with Crippen molar-refractivity contribution < 1.29 is 23.9 Å². The predicted octanol–water partition coefficient (Wildman–Crippen LogP) is 3.05. The molecule has 1 unspecified atom stereocenters. The Hall–Kier alpha value is -1.39. The first-order chi connectivity index (χ1) is 9.82. The maximum absolute atomic E-state index is 11.4. The maximum Gasteiger partial charge on any atom is 0.306 e. The Labute approximate surface area is 127 Å². The standard InChI is InChI=1S/C16H28O5/c1-12(2)8-7-11-20-15(18)9-5-6-10-16(19)21-14(4)13(3)17/h12,14H,5-11H2,1-4H3. The van der Waals surface area contributed by atoms with Gasteiger partial charge in [-0.3, -0.25) is 14.4 Å². The lowest BCUT2D eigenvalue weighted by Crippen LogP contribution is -2.21. The van der Waals surface area contributed by atoms with Crippen LogP contribution in [0.1, 0.15) is 66.2 Å². The highest BCUT2D eigenvalue weighted by molar-refractivity contribution is 5.83. The van der Waals surface area contributed by atoms with Gasteiger partial charge in [-0.2, -0.15) is 0 Å². The molecule has 0 heterocycles. The number of hydrogen-bond acceptors (Lipinski definition) is 5. The summed E-state index contributed by atoms with van der Waals surface area (Å²) < 4.78 is 10.0. The highest BCUT2D eigenvalue weighted by Gasteiger charge is 2.13. The number of ether oxygens (including phenoxy) is 2. The molecule has 5 heteroatoms. The van der Waals surface area contributed by atoms with Crippen molar-refractivity contribution in [1.82, 2.24) is 0 Å². The van der Waals surface area contributed by atoms with Crippen LogP contribution in [0.2, 0.25) is 0 Å². The summed E-state index contributed by atoms with van der Waals surface area (Å²) in [7, 11) is 0. The van der Waals surface area contributed by atoms with Gasteiger partial charge in [-0.25, -0.2) is 0 Å². The second-order valence-corrected chi connectivity index (χ2v) is 5.71. The summed E-state index contributed by atoms with van der Waals surface area (Å²) in [5.74, 6) is -0.173. The van der Waals surface area contributed by atoms with Gasteiger partial charge < -0.3 is 9.47 Å². The minimum Gasteiger partial charge on any atom is -0.466 e. The number of Topliss-reactive ketones (excluding diaryl/α,β-unsaturated/α-hetero) is 1. The molecule has 0 rings (SSSR count). The first-order valence-electron chi connectivity index (χ1n) is 7.68. The molecule has 0 saturated carbocycles. The van der Waals surface area contributed by atoms with E-state index in [1.807, 2.05) is 0 Å². The summed E-state index contributed by atoms with van der Waals surface area (Å²) in [6.45, 7) is 7.67. The zero-order chi connectivity index (χ0) is 16.3. The molecule has 0 aromatic rings. The van der Waals surface area contributed by atoms with Crippen LogP contribution in [-0.4, -0.2) is 30.4 Å². The van der Waals surface area contributed by atoms with Gasteiger partial charge in [0.1, 0.15) is 0 Å². The number of carbonyl (C=O) groups excluding carboxylic acids is 3. The summed E-state index contributed by atoms with van der Waals surface area (Å²) in [5.41, 5.74) is 0. The zero-order valence-electron chi connectivity index (χ0n) is 13.6. The van der Waals surface area contributed by atoms with Crippen LogP contribution >= 0.6 is 0 Å². The normalized spacial score (nSPS) is 12.0. The first-order valence-corrected chi connectivity index (χ1v) is 7.68. The van der Waals surface area contributed by atoms with Gasteiger partial charge in [-0.15, -0.1) is 0 Å². The zero-order valence-corrected chi connectivity index (χ0v) is 13.6. The first kappa shape index (κ1) is 19.6. The number of esters is 2. The fourth-order valence-corrected chi connectivity index (χ4v) is 1.63. The topological polar surface area (TPSA) is 69.7 Å². The Morgan fingerprint density at radius 3 is 2.00 bits per heavy atom. The molecule has 21 heavy (non-hydrogen) atoms. The van der Waals surface area contributed by atoms with E-state index < -0.39 is 12.1 Å². The van der Waals surface area contributed by atoms with Crippen molar-refractivity contribution in [1.29, 1.82) is 0 Å². The molecule has 0 spiro atoms. The molecule has 0 amide bonds. The largest absolute Gasteiger partial charge is 0.466 e. The molecule has 0 aliphatic heterocycles. The molecule has 0 radical (unpaired) electrons. The van der Waals surface area contributed by atoms with Crippen LogP contribution in [0.4, 0.5) is 0 Å². The van der Waals surface area contributed by atoms with E-state index in [2.05, 4.69) is 13.8 Å². The lowest BCUT2D eigenvalue weighted by atomic mass is 10.1. The average molecular weight is 300 g/mol. The molecular weight excluding hydrogens is 272 g/mol.